The first kappa shape index (κ1) is 12.8. The molecule has 0 aliphatic carbocycles. The van der Waals surface area contributed by atoms with E-state index in [4.69, 9.17) is 4.74 Å². The van der Waals surface area contributed by atoms with E-state index < -0.39 is 6.10 Å². The molecular formula is C13H23NO3. The smallest absolute Gasteiger partial charge is 0.222 e. The van der Waals surface area contributed by atoms with Crippen molar-refractivity contribution >= 4 is 5.91 Å². The van der Waals surface area contributed by atoms with Crippen LogP contribution >= 0.6 is 0 Å². The summed E-state index contributed by atoms with van der Waals surface area (Å²) in [4.78, 5) is 13.7. The van der Waals surface area contributed by atoms with Gasteiger partial charge in [-0.2, -0.15) is 0 Å². The molecule has 0 aromatic carbocycles. The number of carbonyl (C=O) groups excluding carboxylic acids is 1. The lowest BCUT2D eigenvalue weighted by molar-refractivity contribution is -0.132. The molecule has 2 aliphatic rings. The zero-order chi connectivity index (χ0) is 12.3. The Hall–Kier alpha value is -0.610. The minimum atomic E-state index is -0.421. The van der Waals surface area contributed by atoms with Gasteiger partial charge in [-0.3, -0.25) is 4.79 Å². The average molecular weight is 241 g/mol. The van der Waals surface area contributed by atoms with E-state index in [1.54, 1.807) is 0 Å². The number of likely N-dealkylation sites (tertiary alicyclic amines) is 1. The Morgan fingerprint density at radius 1 is 1.47 bits per heavy atom. The highest BCUT2D eigenvalue weighted by atomic mass is 16.5. The molecule has 2 aliphatic heterocycles. The molecule has 4 heteroatoms. The SMILES string of the molecule is CC1CCC(=O)N(CC(O)C2CCOC2)CC1. The largest absolute Gasteiger partial charge is 0.391 e. The third-order valence-corrected chi connectivity index (χ3v) is 4.01. The zero-order valence-electron chi connectivity index (χ0n) is 10.6. The van der Waals surface area contributed by atoms with Gasteiger partial charge in [0.25, 0.3) is 0 Å². The number of β-amino-alcohol motifs (C(OH)–C–C–N with tert-alkyl or cyclic N) is 1. The highest BCUT2D eigenvalue weighted by Gasteiger charge is 2.28. The molecule has 0 saturated carbocycles. The summed E-state index contributed by atoms with van der Waals surface area (Å²) >= 11 is 0. The van der Waals surface area contributed by atoms with Gasteiger partial charge >= 0.3 is 0 Å². The van der Waals surface area contributed by atoms with Crippen LogP contribution in [0, 0.1) is 11.8 Å². The van der Waals surface area contributed by atoms with E-state index in [0.29, 0.717) is 25.5 Å². The van der Waals surface area contributed by atoms with Gasteiger partial charge in [-0.15, -0.1) is 0 Å². The summed E-state index contributed by atoms with van der Waals surface area (Å²) < 4.78 is 5.27. The maximum absolute atomic E-state index is 11.9. The molecule has 2 rings (SSSR count). The van der Waals surface area contributed by atoms with Crippen molar-refractivity contribution in [1.82, 2.24) is 4.90 Å². The topological polar surface area (TPSA) is 49.8 Å². The van der Waals surface area contributed by atoms with Crippen molar-refractivity contribution in [1.29, 1.82) is 0 Å². The summed E-state index contributed by atoms with van der Waals surface area (Å²) in [5.41, 5.74) is 0. The fourth-order valence-corrected chi connectivity index (χ4v) is 2.60. The monoisotopic (exact) mass is 241 g/mol. The molecule has 98 valence electrons. The van der Waals surface area contributed by atoms with Gasteiger partial charge in [0.2, 0.25) is 5.91 Å². The predicted molar refractivity (Wildman–Crippen MR) is 64.5 cm³/mol. The molecule has 2 fully saturated rings. The van der Waals surface area contributed by atoms with E-state index in [2.05, 4.69) is 6.92 Å². The Balaban J connectivity index is 1.85. The van der Waals surface area contributed by atoms with Crippen molar-refractivity contribution < 1.29 is 14.6 Å². The number of hydrogen-bond donors (Lipinski definition) is 1. The predicted octanol–water partition coefficient (Wildman–Crippen LogP) is 1.03. The lowest BCUT2D eigenvalue weighted by atomic mass is 10.0. The molecule has 1 amide bonds. The molecule has 4 nitrogen and oxygen atoms in total. The van der Waals surface area contributed by atoms with Crippen LogP contribution in [0.3, 0.4) is 0 Å². The number of ether oxygens (including phenoxy) is 1. The number of hydrogen-bond acceptors (Lipinski definition) is 3. The number of aliphatic hydroxyl groups excluding tert-OH is 1. The fourth-order valence-electron chi connectivity index (χ4n) is 2.60. The van der Waals surface area contributed by atoms with Crippen molar-refractivity contribution in [3.8, 4) is 0 Å². The van der Waals surface area contributed by atoms with E-state index in [1.807, 2.05) is 4.90 Å². The summed E-state index contributed by atoms with van der Waals surface area (Å²) in [6.45, 7) is 4.86. The number of amides is 1. The fraction of sp³-hybridized carbons (Fsp3) is 0.923. The first-order valence-corrected chi connectivity index (χ1v) is 6.70. The Bertz CT molecular complexity index is 263. The van der Waals surface area contributed by atoms with Crippen molar-refractivity contribution in [3.05, 3.63) is 0 Å². The maximum Gasteiger partial charge on any atom is 0.222 e. The van der Waals surface area contributed by atoms with Crippen molar-refractivity contribution in [2.45, 2.75) is 38.7 Å². The normalized spacial score (nSPS) is 32.6. The minimum Gasteiger partial charge on any atom is -0.391 e. The summed E-state index contributed by atoms with van der Waals surface area (Å²) in [5.74, 6) is 1.03. The quantitative estimate of drug-likeness (QED) is 0.803. The van der Waals surface area contributed by atoms with Crippen molar-refractivity contribution in [2.24, 2.45) is 11.8 Å². The highest BCUT2D eigenvalue weighted by molar-refractivity contribution is 5.76. The molecule has 0 bridgehead atoms. The highest BCUT2D eigenvalue weighted by Crippen LogP contribution is 2.21. The van der Waals surface area contributed by atoms with Gasteiger partial charge in [0.15, 0.2) is 0 Å². The van der Waals surface area contributed by atoms with Crippen molar-refractivity contribution in [2.75, 3.05) is 26.3 Å². The molecule has 17 heavy (non-hydrogen) atoms. The van der Waals surface area contributed by atoms with Crippen LogP contribution in [-0.2, 0) is 9.53 Å². The van der Waals surface area contributed by atoms with Crippen LogP contribution in [0.25, 0.3) is 0 Å². The van der Waals surface area contributed by atoms with Crippen LogP contribution < -0.4 is 0 Å². The van der Waals surface area contributed by atoms with Crippen LogP contribution in [-0.4, -0.2) is 48.3 Å². The Labute approximate surface area is 103 Å². The summed E-state index contributed by atoms with van der Waals surface area (Å²) in [7, 11) is 0. The van der Waals surface area contributed by atoms with Crippen LogP contribution in [0.15, 0.2) is 0 Å². The van der Waals surface area contributed by atoms with E-state index in [1.165, 1.54) is 0 Å². The van der Waals surface area contributed by atoms with Crippen LogP contribution in [0.1, 0.15) is 32.6 Å². The van der Waals surface area contributed by atoms with Crippen LogP contribution in [0.2, 0.25) is 0 Å². The van der Waals surface area contributed by atoms with E-state index in [9.17, 15) is 9.90 Å². The lowest BCUT2D eigenvalue weighted by Crippen LogP contribution is -2.40. The Morgan fingerprint density at radius 2 is 2.29 bits per heavy atom. The van der Waals surface area contributed by atoms with Crippen LogP contribution in [0.4, 0.5) is 0 Å². The van der Waals surface area contributed by atoms with Gasteiger partial charge in [0.1, 0.15) is 0 Å². The average Bonchev–Trinajstić information content (AvgIpc) is 2.80. The zero-order valence-corrected chi connectivity index (χ0v) is 10.6. The summed E-state index contributed by atoms with van der Waals surface area (Å²) in [6.07, 6.45) is 3.17. The van der Waals surface area contributed by atoms with E-state index in [-0.39, 0.29) is 11.8 Å². The van der Waals surface area contributed by atoms with E-state index >= 15 is 0 Å². The number of rotatable bonds is 3. The van der Waals surface area contributed by atoms with Gasteiger partial charge in [-0.1, -0.05) is 6.92 Å². The standard InChI is InChI=1S/C13H23NO3/c1-10-2-3-13(16)14(6-4-10)8-12(15)11-5-7-17-9-11/h10-12,15H,2-9H2,1H3. The van der Waals surface area contributed by atoms with Gasteiger partial charge < -0.3 is 14.7 Å². The molecule has 3 unspecified atom stereocenters. The second-order valence-electron chi connectivity index (χ2n) is 5.46. The molecule has 0 radical (unpaired) electrons. The third kappa shape index (κ3) is 3.42. The minimum absolute atomic E-state index is 0.201. The molecular weight excluding hydrogens is 218 g/mol. The van der Waals surface area contributed by atoms with Crippen LogP contribution in [0.5, 0.6) is 0 Å². The van der Waals surface area contributed by atoms with Gasteiger partial charge in [-0.05, 0) is 25.2 Å². The Kier molecular flexibility index (Phi) is 4.40. The molecule has 0 aromatic heterocycles. The second-order valence-corrected chi connectivity index (χ2v) is 5.46. The summed E-state index contributed by atoms with van der Waals surface area (Å²) in [6, 6.07) is 0. The van der Waals surface area contributed by atoms with Gasteiger partial charge in [0.05, 0.1) is 12.7 Å². The molecule has 2 heterocycles. The third-order valence-electron chi connectivity index (χ3n) is 4.01. The number of aliphatic hydroxyl groups is 1. The van der Waals surface area contributed by atoms with Gasteiger partial charge in [0, 0.05) is 32.0 Å². The first-order valence-electron chi connectivity index (χ1n) is 6.70. The molecule has 2 saturated heterocycles. The second kappa shape index (κ2) is 5.83. The number of carbonyl (C=O) groups is 1. The van der Waals surface area contributed by atoms with E-state index in [0.717, 1.165) is 32.4 Å². The van der Waals surface area contributed by atoms with Crippen molar-refractivity contribution in [3.63, 3.8) is 0 Å². The first-order chi connectivity index (χ1) is 8.16. The molecule has 3 atom stereocenters. The Morgan fingerprint density at radius 3 is 3.00 bits per heavy atom. The molecule has 1 N–H and O–H groups in total. The molecule has 0 spiro atoms. The number of nitrogens with zero attached hydrogens (tertiary/aromatic N) is 1. The maximum atomic E-state index is 11.9. The lowest BCUT2D eigenvalue weighted by Gasteiger charge is -2.26. The molecule has 0 aromatic rings. The van der Waals surface area contributed by atoms with Gasteiger partial charge in [-0.25, -0.2) is 0 Å². The summed E-state index contributed by atoms with van der Waals surface area (Å²) in [5, 5.41) is 10.1.